The van der Waals surface area contributed by atoms with Gasteiger partial charge in [-0.3, -0.25) is 4.79 Å². The second kappa shape index (κ2) is 5.39. The Hall–Kier alpha value is -2.04. The maximum Gasteiger partial charge on any atom is 0.316 e. The molecule has 0 spiro atoms. The summed E-state index contributed by atoms with van der Waals surface area (Å²) >= 11 is 0. The summed E-state index contributed by atoms with van der Waals surface area (Å²) in [6.07, 6.45) is 0.786. The van der Waals surface area contributed by atoms with Crippen LogP contribution in [0.3, 0.4) is 0 Å². The van der Waals surface area contributed by atoms with Crippen LogP contribution in [-0.4, -0.2) is 22.9 Å². The number of nitrogens with zero attached hydrogens (tertiary/aromatic N) is 1. The minimum absolute atomic E-state index is 0.0195. The Bertz CT molecular complexity index is 568. The van der Waals surface area contributed by atoms with Crippen molar-refractivity contribution in [1.29, 1.82) is 0 Å². The second-order valence-electron chi connectivity index (χ2n) is 6.13. The largest absolute Gasteiger partial charge is 0.351 e. The molecule has 2 rings (SSSR count). The third-order valence-corrected chi connectivity index (χ3v) is 4.41. The van der Waals surface area contributed by atoms with Crippen LogP contribution in [0.15, 0.2) is 24.3 Å². The predicted octanol–water partition coefficient (Wildman–Crippen LogP) is 2.67. The normalized spacial score (nSPS) is 22.0. The van der Waals surface area contributed by atoms with Crippen molar-refractivity contribution < 1.29 is 9.59 Å². The molecule has 0 saturated carbocycles. The maximum atomic E-state index is 12.6. The average Bonchev–Trinajstić information content (AvgIpc) is 2.51. The van der Waals surface area contributed by atoms with E-state index in [1.165, 1.54) is 4.90 Å². The first kappa shape index (κ1) is 15.4. The van der Waals surface area contributed by atoms with Gasteiger partial charge in [0.05, 0.1) is 5.54 Å². The minimum atomic E-state index is -0.657. The van der Waals surface area contributed by atoms with Gasteiger partial charge in [0.2, 0.25) is 5.91 Å². The smallest absolute Gasteiger partial charge is 0.316 e. The Balaban J connectivity index is 2.64. The van der Waals surface area contributed by atoms with E-state index in [-0.39, 0.29) is 11.8 Å². The number of fused-ring (bicyclic) bond motifs is 1. The zero-order valence-electron chi connectivity index (χ0n) is 13.0. The van der Waals surface area contributed by atoms with E-state index in [9.17, 15) is 9.59 Å². The molecule has 3 N–H and O–H groups in total. The molecule has 0 saturated heterocycles. The molecule has 1 aromatic carbocycles. The molecule has 1 aliphatic heterocycles. The molecule has 0 fully saturated rings. The van der Waals surface area contributed by atoms with E-state index in [0.717, 1.165) is 17.7 Å². The molecule has 3 amide bonds. The number of para-hydroxylation sites is 1. The summed E-state index contributed by atoms with van der Waals surface area (Å²) in [6.45, 7) is 7.81. The molecule has 2 atom stereocenters. The number of anilines is 1. The van der Waals surface area contributed by atoms with Crippen molar-refractivity contribution in [2.24, 2.45) is 11.7 Å². The summed E-state index contributed by atoms with van der Waals surface area (Å²) < 4.78 is 0. The number of carbonyl (C=O) groups excluding carboxylic acids is 2. The number of nitrogens with two attached hydrogens (primary N) is 1. The Labute approximate surface area is 125 Å². The molecule has 0 bridgehead atoms. The van der Waals surface area contributed by atoms with E-state index in [4.69, 9.17) is 5.73 Å². The fraction of sp³-hybridized carbons (Fsp3) is 0.500. The average molecular weight is 289 g/mol. The van der Waals surface area contributed by atoms with Crippen molar-refractivity contribution >= 4 is 17.6 Å². The van der Waals surface area contributed by atoms with Gasteiger partial charge < -0.3 is 16.0 Å². The Kier molecular flexibility index (Phi) is 3.94. The molecule has 0 aromatic heterocycles. The molecule has 2 unspecified atom stereocenters. The fourth-order valence-electron chi connectivity index (χ4n) is 3.08. The third kappa shape index (κ3) is 2.48. The first-order chi connectivity index (χ1) is 9.80. The van der Waals surface area contributed by atoms with Crippen molar-refractivity contribution in [1.82, 2.24) is 4.90 Å². The monoisotopic (exact) mass is 289 g/mol. The van der Waals surface area contributed by atoms with Gasteiger partial charge in [0.1, 0.15) is 6.04 Å². The summed E-state index contributed by atoms with van der Waals surface area (Å²) in [4.78, 5) is 26.2. The highest BCUT2D eigenvalue weighted by Gasteiger charge is 2.45. The lowest BCUT2D eigenvalue weighted by atomic mass is 9.88. The van der Waals surface area contributed by atoms with Crippen LogP contribution in [0.5, 0.6) is 0 Å². The van der Waals surface area contributed by atoms with Gasteiger partial charge in [0, 0.05) is 11.3 Å². The number of nitrogens with one attached hydrogen (secondary N) is 1. The number of carbonyl (C=O) groups is 2. The molecule has 5 heteroatoms. The van der Waals surface area contributed by atoms with Crippen LogP contribution in [0.4, 0.5) is 10.5 Å². The number of primary amides is 1. The SMILES string of the molecule is CCC(C)C1C(=O)Nc2ccccc2C(C)(C)N1C(N)=O. The molecular weight excluding hydrogens is 266 g/mol. The van der Waals surface area contributed by atoms with Crippen LogP contribution in [0.25, 0.3) is 0 Å². The highest BCUT2D eigenvalue weighted by atomic mass is 16.2. The number of benzene rings is 1. The molecule has 114 valence electrons. The number of hydrogen-bond donors (Lipinski definition) is 2. The van der Waals surface area contributed by atoms with Gasteiger partial charge in [-0.15, -0.1) is 0 Å². The molecule has 0 aliphatic carbocycles. The Morgan fingerprint density at radius 2 is 2.05 bits per heavy atom. The number of hydrogen-bond acceptors (Lipinski definition) is 2. The Morgan fingerprint density at radius 1 is 1.43 bits per heavy atom. The molecule has 1 aromatic rings. The fourth-order valence-corrected chi connectivity index (χ4v) is 3.08. The van der Waals surface area contributed by atoms with Gasteiger partial charge in [-0.1, -0.05) is 38.5 Å². The van der Waals surface area contributed by atoms with Gasteiger partial charge >= 0.3 is 6.03 Å². The number of urea groups is 1. The minimum Gasteiger partial charge on any atom is -0.351 e. The lowest BCUT2D eigenvalue weighted by Gasteiger charge is -2.42. The molecule has 5 nitrogen and oxygen atoms in total. The van der Waals surface area contributed by atoms with Crippen LogP contribution >= 0.6 is 0 Å². The first-order valence-corrected chi connectivity index (χ1v) is 7.29. The molecule has 1 aliphatic rings. The van der Waals surface area contributed by atoms with Crippen molar-refractivity contribution in [3.05, 3.63) is 29.8 Å². The highest BCUT2D eigenvalue weighted by Crippen LogP contribution is 2.39. The van der Waals surface area contributed by atoms with Crippen LogP contribution in [0, 0.1) is 5.92 Å². The van der Waals surface area contributed by atoms with Crippen LogP contribution in [0.1, 0.15) is 39.7 Å². The summed E-state index contributed by atoms with van der Waals surface area (Å²) in [5, 5.41) is 2.94. The van der Waals surface area contributed by atoms with Crippen molar-refractivity contribution in [2.45, 2.75) is 45.7 Å². The van der Waals surface area contributed by atoms with Gasteiger partial charge in [-0.2, -0.15) is 0 Å². The van der Waals surface area contributed by atoms with E-state index >= 15 is 0 Å². The lowest BCUT2D eigenvalue weighted by molar-refractivity contribution is -0.123. The lowest BCUT2D eigenvalue weighted by Crippen LogP contribution is -2.58. The van der Waals surface area contributed by atoms with E-state index in [0.29, 0.717) is 0 Å². The summed E-state index contributed by atoms with van der Waals surface area (Å²) in [6, 6.07) is 6.40. The van der Waals surface area contributed by atoms with Crippen LogP contribution in [0.2, 0.25) is 0 Å². The van der Waals surface area contributed by atoms with Gasteiger partial charge in [-0.05, 0) is 25.8 Å². The summed E-state index contributed by atoms with van der Waals surface area (Å²) in [5.41, 5.74) is 6.60. The first-order valence-electron chi connectivity index (χ1n) is 7.29. The second-order valence-corrected chi connectivity index (χ2v) is 6.13. The van der Waals surface area contributed by atoms with Crippen LogP contribution in [-0.2, 0) is 10.3 Å². The molecular formula is C16H23N3O2. The van der Waals surface area contributed by atoms with Gasteiger partial charge in [0.25, 0.3) is 0 Å². The van der Waals surface area contributed by atoms with Crippen molar-refractivity contribution in [2.75, 3.05) is 5.32 Å². The maximum absolute atomic E-state index is 12.6. The number of rotatable bonds is 2. The predicted molar refractivity (Wildman–Crippen MR) is 82.8 cm³/mol. The topological polar surface area (TPSA) is 75.4 Å². The molecule has 1 heterocycles. The van der Waals surface area contributed by atoms with Crippen LogP contribution < -0.4 is 11.1 Å². The van der Waals surface area contributed by atoms with Crippen molar-refractivity contribution in [3.63, 3.8) is 0 Å². The van der Waals surface area contributed by atoms with Gasteiger partial charge in [-0.25, -0.2) is 4.79 Å². The summed E-state index contributed by atoms with van der Waals surface area (Å²) in [7, 11) is 0. The van der Waals surface area contributed by atoms with E-state index in [2.05, 4.69) is 5.32 Å². The molecule has 0 radical (unpaired) electrons. The zero-order valence-corrected chi connectivity index (χ0v) is 13.0. The van der Waals surface area contributed by atoms with Gasteiger partial charge in [0.15, 0.2) is 0 Å². The van der Waals surface area contributed by atoms with E-state index in [1.807, 2.05) is 52.0 Å². The number of amides is 3. The Morgan fingerprint density at radius 3 is 2.62 bits per heavy atom. The summed E-state index contributed by atoms with van der Waals surface area (Å²) in [5.74, 6) is -0.160. The van der Waals surface area contributed by atoms with E-state index < -0.39 is 17.6 Å². The van der Waals surface area contributed by atoms with Crippen molar-refractivity contribution in [3.8, 4) is 0 Å². The molecule has 21 heavy (non-hydrogen) atoms. The standard InChI is InChI=1S/C16H23N3O2/c1-5-10(2)13-14(20)18-12-9-7-6-8-11(12)16(3,4)19(13)15(17)21/h6-10,13H,5H2,1-4H3,(H2,17,21)(H,18,20). The zero-order chi connectivity index (χ0) is 15.8. The third-order valence-electron chi connectivity index (χ3n) is 4.41. The highest BCUT2D eigenvalue weighted by molar-refractivity contribution is 5.99. The quantitative estimate of drug-likeness (QED) is 0.878. The van der Waals surface area contributed by atoms with E-state index in [1.54, 1.807) is 0 Å².